The first-order valence-electron chi connectivity index (χ1n) is 11.9. The number of nitrogens with zero attached hydrogens (tertiary/aromatic N) is 4. The standard InChI is InChI=1S/C25H32N6O2/c1-17(18-7-9-26-10-8-18)28-24-23-22(27-16-30(2)25(23)32)15-21(29-24)19-3-5-20(6-4-19)31-11-13-33-14-12-31/h3-6,15-18,26H,7-14H2,1-2H3,(H,28,29). The molecule has 2 aromatic heterocycles. The van der Waals surface area contributed by atoms with Crippen LogP contribution in [-0.4, -0.2) is 60.0 Å². The highest BCUT2D eigenvalue weighted by molar-refractivity contribution is 5.91. The molecule has 174 valence electrons. The molecule has 2 aliphatic heterocycles. The van der Waals surface area contributed by atoms with Gasteiger partial charge in [-0.25, -0.2) is 9.97 Å². The summed E-state index contributed by atoms with van der Waals surface area (Å²) < 4.78 is 6.98. The summed E-state index contributed by atoms with van der Waals surface area (Å²) in [6.07, 6.45) is 3.81. The minimum atomic E-state index is -0.0817. The van der Waals surface area contributed by atoms with Gasteiger partial charge in [0.05, 0.1) is 30.8 Å². The zero-order valence-corrected chi connectivity index (χ0v) is 19.4. The van der Waals surface area contributed by atoms with E-state index in [0.717, 1.165) is 63.5 Å². The second kappa shape index (κ2) is 9.49. The lowest BCUT2D eigenvalue weighted by molar-refractivity contribution is 0.122. The molecule has 0 saturated carbocycles. The Morgan fingerprint density at radius 1 is 1.15 bits per heavy atom. The van der Waals surface area contributed by atoms with Gasteiger partial charge >= 0.3 is 0 Å². The van der Waals surface area contributed by atoms with Gasteiger partial charge < -0.3 is 24.8 Å². The van der Waals surface area contributed by atoms with Crippen LogP contribution < -0.4 is 21.1 Å². The molecule has 2 fully saturated rings. The van der Waals surface area contributed by atoms with Gasteiger partial charge in [0.2, 0.25) is 0 Å². The molecule has 0 aliphatic carbocycles. The van der Waals surface area contributed by atoms with Crippen molar-refractivity contribution in [3.05, 3.63) is 47.0 Å². The molecular formula is C25H32N6O2. The molecule has 0 spiro atoms. The molecular weight excluding hydrogens is 416 g/mol. The molecule has 0 amide bonds. The van der Waals surface area contributed by atoms with Crippen molar-refractivity contribution >= 4 is 22.4 Å². The summed E-state index contributed by atoms with van der Waals surface area (Å²) in [4.78, 5) is 24.8. The van der Waals surface area contributed by atoms with E-state index in [0.29, 0.717) is 22.6 Å². The van der Waals surface area contributed by atoms with E-state index in [2.05, 4.69) is 51.7 Å². The number of fused-ring (bicyclic) bond motifs is 1. The molecule has 4 heterocycles. The first kappa shape index (κ1) is 21.9. The van der Waals surface area contributed by atoms with E-state index >= 15 is 0 Å². The average Bonchev–Trinajstić information content (AvgIpc) is 2.87. The number of rotatable bonds is 5. The third kappa shape index (κ3) is 4.58. The zero-order valence-electron chi connectivity index (χ0n) is 19.4. The second-order valence-electron chi connectivity index (χ2n) is 9.08. The predicted molar refractivity (Wildman–Crippen MR) is 132 cm³/mol. The van der Waals surface area contributed by atoms with Gasteiger partial charge in [0.1, 0.15) is 11.2 Å². The second-order valence-corrected chi connectivity index (χ2v) is 9.08. The largest absolute Gasteiger partial charge is 0.378 e. The first-order chi connectivity index (χ1) is 16.1. The Morgan fingerprint density at radius 3 is 2.61 bits per heavy atom. The summed E-state index contributed by atoms with van der Waals surface area (Å²) in [5, 5.41) is 7.55. The predicted octanol–water partition coefficient (Wildman–Crippen LogP) is 2.63. The summed E-state index contributed by atoms with van der Waals surface area (Å²) >= 11 is 0. The fraction of sp³-hybridized carbons (Fsp3) is 0.480. The highest BCUT2D eigenvalue weighted by Crippen LogP contribution is 2.28. The van der Waals surface area contributed by atoms with Crippen molar-refractivity contribution in [1.82, 2.24) is 19.9 Å². The number of anilines is 2. The van der Waals surface area contributed by atoms with E-state index < -0.39 is 0 Å². The molecule has 2 N–H and O–H groups in total. The SMILES string of the molecule is CC(Nc1nc(-c2ccc(N3CCOCC3)cc2)cc2ncn(C)c(=O)c12)C1CCNCC1. The number of aromatic nitrogens is 3. The molecule has 0 radical (unpaired) electrons. The van der Waals surface area contributed by atoms with Gasteiger partial charge in [-0.2, -0.15) is 0 Å². The lowest BCUT2D eigenvalue weighted by Gasteiger charge is -2.29. The fourth-order valence-corrected chi connectivity index (χ4v) is 4.82. The maximum atomic E-state index is 13.0. The lowest BCUT2D eigenvalue weighted by Crippen LogP contribution is -2.36. The number of aryl methyl sites for hydroxylation is 1. The minimum Gasteiger partial charge on any atom is -0.378 e. The maximum Gasteiger partial charge on any atom is 0.264 e. The monoisotopic (exact) mass is 448 g/mol. The number of benzene rings is 1. The molecule has 8 heteroatoms. The molecule has 0 bridgehead atoms. The molecule has 5 rings (SSSR count). The summed E-state index contributed by atoms with van der Waals surface area (Å²) in [5.74, 6) is 1.17. The molecule has 3 aromatic rings. The van der Waals surface area contributed by atoms with Crippen LogP contribution in [-0.2, 0) is 11.8 Å². The Kier molecular flexibility index (Phi) is 6.28. The highest BCUT2D eigenvalue weighted by Gasteiger charge is 2.22. The number of piperidine rings is 1. The third-order valence-electron chi connectivity index (χ3n) is 6.90. The summed E-state index contributed by atoms with van der Waals surface area (Å²) in [6, 6.07) is 10.6. The van der Waals surface area contributed by atoms with Gasteiger partial charge in [0, 0.05) is 37.4 Å². The van der Waals surface area contributed by atoms with Crippen LogP contribution in [0.1, 0.15) is 19.8 Å². The Hall–Kier alpha value is -2.97. The van der Waals surface area contributed by atoms with Crippen LogP contribution in [0.15, 0.2) is 41.5 Å². The Labute approximate surface area is 194 Å². The van der Waals surface area contributed by atoms with Crippen LogP contribution in [0, 0.1) is 5.92 Å². The zero-order chi connectivity index (χ0) is 22.8. The van der Waals surface area contributed by atoms with Crippen LogP contribution in [0.3, 0.4) is 0 Å². The van der Waals surface area contributed by atoms with Crippen LogP contribution in [0.2, 0.25) is 0 Å². The van der Waals surface area contributed by atoms with E-state index in [-0.39, 0.29) is 11.6 Å². The van der Waals surface area contributed by atoms with Gasteiger partial charge in [0.25, 0.3) is 5.56 Å². The van der Waals surface area contributed by atoms with Crippen molar-refractivity contribution in [2.45, 2.75) is 25.8 Å². The normalized spacial score (nSPS) is 18.4. The van der Waals surface area contributed by atoms with Crippen LogP contribution in [0.5, 0.6) is 0 Å². The van der Waals surface area contributed by atoms with Gasteiger partial charge in [-0.05, 0) is 57.0 Å². The van der Waals surface area contributed by atoms with E-state index in [1.807, 2.05) is 6.07 Å². The molecule has 1 unspecified atom stereocenters. The highest BCUT2D eigenvalue weighted by atomic mass is 16.5. The van der Waals surface area contributed by atoms with Gasteiger partial charge in [-0.15, -0.1) is 0 Å². The smallest absolute Gasteiger partial charge is 0.264 e. The van der Waals surface area contributed by atoms with Crippen molar-refractivity contribution < 1.29 is 4.74 Å². The Balaban J connectivity index is 1.50. The van der Waals surface area contributed by atoms with Crippen molar-refractivity contribution in [1.29, 1.82) is 0 Å². The van der Waals surface area contributed by atoms with E-state index in [1.165, 1.54) is 10.3 Å². The summed E-state index contributed by atoms with van der Waals surface area (Å²) in [5.41, 5.74) is 3.60. The Morgan fingerprint density at radius 2 is 1.88 bits per heavy atom. The number of morpholine rings is 1. The van der Waals surface area contributed by atoms with Crippen LogP contribution >= 0.6 is 0 Å². The van der Waals surface area contributed by atoms with Crippen LogP contribution in [0.4, 0.5) is 11.5 Å². The molecule has 2 saturated heterocycles. The summed E-state index contributed by atoms with van der Waals surface area (Å²) in [7, 11) is 1.73. The van der Waals surface area contributed by atoms with E-state index in [4.69, 9.17) is 9.72 Å². The van der Waals surface area contributed by atoms with E-state index in [1.54, 1.807) is 13.4 Å². The third-order valence-corrected chi connectivity index (χ3v) is 6.90. The van der Waals surface area contributed by atoms with Gasteiger partial charge in [-0.3, -0.25) is 4.79 Å². The van der Waals surface area contributed by atoms with Gasteiger partial charge in [-0.1, -0.05) is 12.1 Å². The first-order valence-corrected chi connectivity index (χ1v) is 11.9. The van der Waals surface area contributed by atoms with E-state index in [9.17, 15) is 4.79 Å². The molecule has 2 aliphatic rings. The number of ether oxygens (including phenoxy) is 1. The lowest BCUT2D eigenvalue weighted by atomic mass is 9.91. The Bertz CT molecular complexity index is 1160. The fourth-order valence-electron chi connectivity index (χ4n) is 4.82. The molecule has 1 aromatic carbocycles. The molecule has 1 atom stereocenters. The van der Waals surface area contributed by atoms with Crippen molar-refractivity contribution in [3.63, 3.8) is 0 Å². The average molecular weight is 449 g/mol. The van der Waals surface area contributed by atoms with Crippen molar-refractivity contribution in [3.8, 4) is 11.3 Å². The van der Waals surface area contributed by atoms with Crippen molar-refractivity contribution in [2.24, 2.45) is 13.0 Å². The molecule has 33 heavy (non-hydrogen) atoms. The number of hydrogen-bond acceptors (Lipinski definition) is 7. The number of nitrogens with one attached hydrogen (secondary N) is 2. The topological polar surface area (TPSA) is 84.3 Å². The molecule has 8 nitrogen and oxygen atoms in total. The number of pyridine rings is 1. The quantitative estimate of drug-likeness (QED) is 0.621. The van der Waals surface area contributed by atoms with Gasteiger partial charge in [0.15, 0.2) is 0 Å². The number of hydrogen-bond donors (Lipinski definition) is 2. The van der Waals surface area contributed by atoms with Crippen molar-refractivity contribution in [2.75, 3.05) is 49.6 Å². The van der Waals surface area contributed by atoms with Crippen LogP contribution in [0.25, 0.3) is 22.2 Å². The maximum absolute atomic E-state index is 13.0. The minimum absolute atomic E-state index is 0.0817. The summed E-state index contributed by atoms with van der Waals surface area (Å²) in [6.45, 7) is 7.59.